The van der Waals surface area contributed by atoms with Gasteiger partial charge >= 0.3 is 0 Å². The van der Waals surface area contributed by atoms with E-state index in [2.05, 4.69) is 18.8 Å². The molecule has 1 atom stereocenters. The molecule has 0 aliphatic heterocycles. The second-order valence-corrected chi connectivity index (χ2v) is 8.82. The van der Waals surface area contributed by atoms with Crippen molar-refractivity contribution in [2.75, 3.05) is 0 Å². The molecule has 1 aliphatic carbocycles. The van der Waals surface area contributed by atoms with Crippen molar-refractivity contribution in [1.29, 1.82) is 0 Å². The van der Waals surface area contributed by atoms with Gasteiger partial charge in [0.25, 0.3) is 0 Å². The van der Waals surface area contributed by atoms with E-state index in [0.717, 1.165) is 42.5 Å². The van der Waals surface area contributed by atoms with Crippen LogP contribution >= 0.6 is 0 Å². The van der Waals surface area contributed by atoms with Crippen molar-refractivity contribution in [3.05, 3.63) is 105 Å². The van der Waals surface area contributed by atoms with E-state index in [4.69, 9.17) is 0 Å². The van der Waals surface area contributed by atoms with Crippen molar-refractivity contribution in [3.8, 4) is 11.8 Å². The van der Waals surface area contributed by atoms with E-state index in [0.29, 0.717) is 36.8 Å². The first-order valence-corrected chi connectivity index (χ1v) is 11.6. The average Bonchev–Trinajstić information content (AvgIpc) is 2.82. The highest BCUT2D eigenvalue weighted by atomic mass is 19.2. The molecule has 1 aliphatic rings. The molecule has 3 aromatic carbocycles. The zero-order valence-electron chi connectivity index (χ0n) is 19.0. The minimum absolute atomic E-state index is 0.163. The van der Waals surface area contributed by atoms with Gasteiger partial charge in [0.2, 0.25) is 0 Å². The number of fused-ring (bicyclic) bond motifs is 1. The van der Waals surface area contributed by atoms with Gasteiger partial charge in [-0.25, -0.2) is 22.0 Å². The molecule has 0 spiro atoms. The third-order valence-corrected chi connectivity index (χ3v) is 6.46. The van der Waals surface area contributed by atoms with E-state index in [9.17, 15) is 22.0 Å². The molecule has 1 unspecified atom stereocenters. The normalized spacial score (nSPS) is 14.9. The van der Waals surface area contributed by atoms with Gasteiger partial charge < -0.3 is 0 Å². The molecule has 0 N–H and O–H groups in total. The van der Waals surface area contributed by atoms with Gasteiger partial charge in [-0.2, -0.15) is 0 Å². The van der Waals surface area contributed by atoms with Gasteiger partial charge in [-0.15, -0.1) is 0 Å². The molecule has 0 nitrogen and oxygen atoms in total. The molecule has 0 radical (unpaired) electrons. The summed E-state index contributed by atoms with van der Waals surface area (Å²) in [6, 6.07) is 9.67. The molecule has 0 fully saturated rings. The van der Waals surface area contributed by atoms with Gasteiger partial charge in [0.1, 0.15) is 5.82 Å². The summed E-state index contributed by atoms with van der Waals surface area (Å²) in [5, 5.41) is 0. The molecular weight excluding hydrogens is 443 g/mol. The highest BCUT2D eigenvalue weighted by Gasteiger charge is 2.26. The number of halogens is 5. The van der Waals surface area contributed by atoms with E-state index in [1.165, 1.54) is 12.1 Å². The minimum Gasteiger partial charge on any atom is -0.206 e. The molecule has 34 heavy (non-hydrogen) atoms. The predicted molar refractivity (Wildman–Crippen MR) is 123 cm³/mol. The molecular formula is C29H25F5. The van der Waals surface area contributed by atoms with Gasteiger partial charge in [-0.3, -0.25) is 0 Å². The van der Waals surface area contributed by atoms with Crippen molar-refractivity contribution < 1.29 is 22.0 Å². The summed E-state index contributed by atoms with van der Waals surface area (Å²) in [5.74, 6) is 1.04. The summed E-state index contributed by atoms with van der Waals surface area (Å²) in [5.41, 5.74) is 2.80. The molecule has 0 amide bonds. The average molecular weight is 469 g/mol. The predicted octanol–water partition coefficient (Wildman–Crippen LogP) is 7.79. The summed E-state index contributed by atoms with van der Waals surface area (Å²) in [6.07, 6.45) is 4.93. The lowest BCUT2D eigenvalue weighted by molar-refractivity contribution is 0.465. The van der Waals surface area contributed by atoms with Crippen molar-refractivity contribution in [1.82, 2.24) is 0 Å². The fourth-order valence-corrected chi connectivity index (χ4v) is 4.53. The topological polar surface area (TPSA) is 0 Å². The Morgan fingerprint density at radius 1 is 0.794 bits per heavy atom. The minimum atomic E-state index is -1.01. The number of hydrogen-bond acceptors (Lipinski definition) is 0. The van der Waals surface area contributed by atoms with E-state index in [1.54, 1.807) is 18.2 Å². The standard InChI is InChI=1S/C29H25F5/c1-2-3-4-5-19-11-12-24(29(34)28(19)33)21-10-9-20-15-22(26(31)17-23(20)16-21)8-6-18-7-13-25(30)27(32)14-18/h7,11-15,17,21H,2-5,9-10,16H2,1H3. The Labute approximate surface area is 196 Å². The Hall–Kier alpha value is -3.13. The lowest BCUT2D eigenvalue weighted by Crippen LogP contribution is -2.16. The van der Waals surface area contributed by atoms with Gasteiger partial charge in [0, 0.05) is 5.56 Å². The summed E-state index contributed by atoms with van der Waals surface area (Å²) < 4.78 is 70.7. The number of aryl methyl sites for hydroxylation is 2. The van der Waals surface area contributed by atoms with Crippen LogP contribution in [0.3, 0.4) is 0 Å². The van der Waals surface area contributed by atoms with Crippen LogP contribution in [-0.2, 0) is 19.3 Å². The van der Waals surface area contributed by atoms with Crippen LogP contribution in [-0.4, -0.2) is 0 Å². The zero-order chi connectivity index (χ0) is 24.2. The van der Waals surface area contributed by atoms with E-state index in [1.807, 2.05) is 0 Å². The second-order valence-electron chi connectivity index (χ2n) is 8.82. The highest BCUT2D eigenvalue weighted by molar-refractivity contribution is 5.48. The first kappa shape index (κ1) is 24.0. The van der Waals surface area contributed by atoms with Crippen molar-refractivity contribution in [2.45, 2.75) is 57.8 Å². The number of benzene rings is 3. The molecule has 5 heteroatoms. The monoisotopic (exact) mass is 468 g/mol. The molecule has 0 saturated heterocycles. The van der Waals surface area contributed by atoms with Crippen LogP contribution in [0.2, 0.25) is 0 Å². The lowest BCUT2D eigenvalue weighted by atomic mass is 9.79. The van der Waals surface area contributed by atoms with Gasteiger partial charge in [-0.05, 0) is 90.6 Å². The molecule has 0 saturated carbocycles. The van der Waals surface area contributed by atoms with Crippen LogP contribution in [0.4, 0.5) is 22.0 Å². The fourth-order valence-electron chi connectivity index (χ4n) is 4.53. The van der Waals surface area contributed by atoms with Crippen molar-refractivity contribution >= 4 is 0 Å². The first-order valence-electron chi connectivity index (χ1n) is 11.6. The van der Waals surface area contributed by atoms with Crippen LogP contribution in [0, 0.1) is 40.9 Å². The third-order valence-electron chi connectivity index (χ3n) is 6.46. The number of hydrogen-bond donors (Lipinski definition) is 0. The second kappa shape index (κ2) is 10.4. The number of unbranched alkanes of at least 4 members (excludes halogenated alkanes) is 2. The maximum absolute atomic E-state index is 14.9. The Bertz CT molecular complexity index is 1270. The molecule has 0 bridgehead atoms. The third kappa shape index (κ3) is 5.17. The van der Waals surface area contributed by atoms with Gasteiger partial charge in [0.05, 0.1) is 5.56 Å². The summed E-state index contributed by atoms with van der Waals surface area (Å²) in [6.45, 7) is 2.06. The Morgan fingerprint density at radius 3 is 2.38 bits per heavy atom. The Morgan fingerprint density at radius 2 is 1.62 bits per heavy atom. The lowest BCUT2D eigenvalue weighted by Gasteiger charge is -2.26. The van der Waals surface area contributed by atoms with Crippen molar-refractivity contribution in [3.63, 3.8) is 0 Å². The quantitative estimate of drug-likeness (QED) is 0.204. The van der Waals surface area contributed by atoms with E-state index >= 15 is 0 Å². The summed E-state index contributed by atoms with van der Waals surface area (Å²) in [7, 11) is 0. The maximum Gasteiger partial charge on any atom is 0.162 e. The zero-order valence-corrected chi connectivity index (χ0v) is 19.0. The van der Waals surface area contributed by atoms with Crippen LogP contribution in [0.25, 0.3) is 0 Å². The van der Waals surface area contributed by atoms with Gasteiger partial charge in [-0.1, -0.05) is 43.7 Å². The van der Waals surface area contributed by atoms with Gasteiger partial charge in [0.15, 0.2) is 23.3 Å². The summed E-state index contributed by atoms with van der Waals surface area (Å²) >= 11 is 0. The molecule has 3 aromatic rings. The van der Waals surface area contributed by atoms with Crippen LogP contribution in [0.5, 0.6) is 0 Å². The van der Waals surface area contributed by atoms with E-state index in [-0.39, 0.29) is 17.0 Å². The molecule has 0 heterocycles. The van der Waals surface area contributed by atoms with Crippen LogP contribution in [0.1, 0.15) is 71.9 Å². The molecule has 4 rings (SSSR count). The molecule has 0 aromatic heterocycles. The Balaban J connectivity index is 1.54. The molecule has 176 valence electrons. The largest absolute Gasteiger partial charge is 0.206 e. The first-order chi connectivity index (χ1) is 16.4. The smallest absolute Gasteiger partial charge is 0.162 e. The van der Waals surface area contributed by atoms with E-state index < -0.39 is 29.1 Å². The fraction of sp³-hybridized carbons (Fsp3) is 0.310. The maximum atomic E-state index is 14.9. The van der Waals surface area contributed by atoms with Crippen LogP contribution < -0.4 is 0 Å². The van der Waals surface area contributed by atoms with Crippen molar-refractivity contribution in [2.24, 2.45) is 0 Å². The number of rotatable bonds is 5. The summed E-state index contributed by atoms with van der Waals surface area (Å²) in [4.78, 5) is 0. The highest BCUT2D eigenvalue weighted by Crippen LogP contribution is 2.36. The Kier molecular flexibility index (Phi) is 7.36. The SMILES string of the molecule is CCCCCc1ccc(C2CCc3cc(C#Cc4ccc(F)c(F)c4)c(F)cc3C2)c(F)c1F. The van der Waals surface area contributed by atoms with Crippen LogP contribution in [0.15, 0.2) is 42.5 Å².